The van der Waals surface area contributed by atoms with E-state index >= 15 is 0 Å². The number of ether oxygens (including phenoxy) is 2. The van der Waals surface area contributed by atoms with Crippen molar-refractivity contribution in [2.75, 3.05) is 23.4 Å². The molecule has 0 saturated carbocycles. The maximum atomic E-state index is 12.4. The van der Waals surface area contributed by atoms with Crippen LogP contribution in [0.25, 0.3) is 10.8 Å². The molecule has 0 aliphatic carbocycles. The van der Waals surface area contributed by atoms with Crippen LogP contribution in [0.15, 0.2) is 66.7 Å². The van der Waals surface area contributed by atoms with Crippen molar-refractivity contribution in [3.8, 4) is 5.75 Å². The number of hydrogen-bond donors (Lipinski definition) is 1. The highest BCUT2D eigenvalue weighted by Gasteiger charge is 2.26. The number of nitrogens with zero attached hydrogens (tertiary/aromatic N) is 1. The predicted octanol–water partition coefficient (Wildman–Crippen LogP) is 3.53. The lowest BCUT2D eigenvalue weighted by molar-refractivity contribution is -0.153. The molecule has 0 spiro atoms. The second-order valence-electron chi connectivity index (χ2n) is 7.24. The first-order valence-electron chi connectivity index (χ1n) is 10.0. The number of esters is 1. The Labute approximate surface area is 179 Å². The number of carbonyl (C=O) groups excluding carboxylic acids is 3. The van der Waals surface area contributed by atoms with Crippen LogP contribution in [0.5, 0.6) is 5.75 Å². The molecule has 0 aromatic heterocycles. The van der Waals surface area contributed by atoms with Crippen molar-refractivity contribution in [3.05, 3.63) is 66.7 Å². The van der Waals surface area contributed by atoms with E-state index in [2.05, 4.69) is 5.32 Å². The third-order valence-corrected chi connectivity index (χ3v) is 5.04. The topological polar surface area (TPSA) is 84.9 Å². The van der Waals surface area contributed by atoms with Crippen molar-refractivity contribution >= 4 is 39.9 Å². The summed E-state index contributed by atoms with van der Waals surface area (Å²) in [6, 6.07) is 20.5. The lowest BCUT2D eigenvalue weighted by atomic mass is 10.1. The molecule has 1 aliphatic rings. The number of nitrogens with one attached hydrogen (secondary N) is 1. The van der Waals surface area contributed by atoms with E-state index in [0.717, 1.165) is 10.8 Å². The monoisotopic (exact) mass is 418 g/mol. The highest BCUT2D eigenvalue weighted by molar-refractivity contribution is 5.99. The van der Waals surface area contributed by atoms with Crippen LogP contribution in [0, 0.1) is 0 Å². The Morgan fingerprint density at radius 3 is 2.65 bits per heavy atom. The molecule has 0 fully saturated rings. The molecule has 158 valence electrons. The van der Waals surface area contributed by atoms with Crippen molar-refractivity contribution in [1.29, 1.82) is 0 Å². The minimum absolute atomic E-state index is 0.0341. The van der Waals surface area contributed by atoms with Gasteiger partial charge < -0.3 is 19.7 Å². The molecule has 1 aliphatic heterocycles. The summed E-state index contributed by atoms with van der Waals surface area (Å²) in [7, 11) is 0. The first-order valence-corrected chi connectivity index (χ1v) is 10.0. The van der Waals surface area contributed by atoms with Gasteiger partial charge in [-0.3, -0.25) is 14.4 Å². The van der Waals surface area contributed by atoms with Crippen LogP contribution in [0.2, 0.25) is 0 Å². The summed E-state index contributed by atoms with van der Waals surface area (Å²) in [6.45, 7) is 1.59. The minimum Gasteiger partial charge on any atom is -0.482 e. The maximum Gasteiger partial charge on any atom is 0.308 e. The van der Waals surface area contributed by atoms with Crippen LogP contribution in [0.1, 0.15) is 13.3 Å². The van der Waals surface area contributed by atoms with Gasteiger partial charge in [0, 0.05) is 12.2 Å². The van der Waals surface area contributed by atoms with Gasteiger partial charge in [-0.05, 0) is 42.0 Å². The molecule has 1 heterocycles. The number of carbonyl (C=O) groups is 3. The molecule has 0 radical (unpaired) electrons. The zero-order valence-electron chi connectivity index (χ0n) is 17.0. The summed E-state index contributed by atoms with van der Waals surface area (Å²) in [5.74, 6) is -0.610. The van der Waals surface area contributed by atoms with Gasteiger partial charge in [0.05, 0.1) is 12.1 Å². The van der Waals surface area contributed by atoms with Crippen LogP contribution in [-0.2, 0) is 19.1 Å². The number of hydrogen-bond acceptors (Lipinski definition) is 5. The molecule has 4 rings (SSSR count). The Morgan fingerprint density at radius 1 is 1.06 bits per heavy atom. The molecule has 0 saturated heterocycles. The van der Waals surface area contributed by atoms with Gasteiger partial charge >= 0.3 is 5.97 Å². The predicted molar refractivity (Wildman–Crippen MR) is 117 cm³/mol. The van der Waals surface area contributed by atoms with E-state index in [1.54, 1.807) is 24.3 Å². The van der Waals surface area contributed by atoms with E-state index in [9.17, 15) is 14.4 Å². The van der Waals surface area contributed by atoms with Gasteiger partial charge in [0.25, 0.3) is 11.8 Å². The molecule has 7 nitrogen and oxygen atoms in total. The second-order valence-corrected chi connectivity index (χ2v) is 7.24. The number of rotatable bonds is 6. The zero-order valence-corrected chi connectivity index (χ0v) is 17.0. The van der Waals surface area contributed by atoms with Crippen LogP contribution in [0.3, 0.4) is 0 Å². The Balaban J connectivity index is 1.32. The number of benzene rings is 3. The molecule has 0 bridgehead atoms. The first kappa shape index (κ1) is 20.4. The third kappa shape index (κ3) is 4.66. The van der Waals surface area contributed by atoms with E-state index < -0.39 is 18.0 Å². The lowest BCUT2D eigenvalue weighted by Crippen LogP contribution is -2.40. The van der Waals surface area contributed by atoms with Gasteiger partial charge in [-0.25, -0.2) is 0 Å². The first-order chi connectivity index (χ1) is 15.0. The van der Waals surface area contributed by atoms with Crippen LogP contribution in [0.4, 0.5) is 11.4 Å². The highest BCUT2D eigenvalue weighted by atomic mass is 16.5. The summed E-state index contributed by atoms with van der Waals surface area (Å²) < 4.78 is 10.7. The van der Waals surface area contributed by atoms with Crippen molar-refractivity contribution in [2.24, 2.45) is 0 Å². The maximum absolute atomic E-state index is 12.4. The summed E-state index contributed by atoms with van der Waals surface area (Å²) in [5.41, 5.74) is 1.25. The SMILES string of the molecule is C[C@H](OC(=O)CCN1C(=O)COc2ccccc21)C(=O)Nc1ccc2ccccc2c1. The van der Waals surface area contributed by atoms with E-state index in [-0.39, 0.29) is 25.5 Å². The normalized spacial score (nSPS) is 13.8. The molecular weight excluding hydrogens is 396 g/mol. The van der Waals surface area contributed by atoms with Crippen molar-refractivity contribution in [3.63, 3.8) is 0 Å². The summed E-state index contributed by atoms with van der Waals surface area (Å²) in [6.07, 6.45) is -1.00. The van der Waals surface area contributed by atoms with Crippen molar-refractivity contribution < 1.29 is 23.9 Å². The average molecular weight is 418 g/mol. The van der Waals surface area contributed by atoms with E-state index in [1.165, 1.54) is 11.8 Å². The van der Waals surface area contributed by atoms with Crippen LogP contribution >= 0.6 is 0 Å². The van der Waals surface area contributed by atoms with Gasteiger partial charge in [-0.1, -0.05) is 42.5 Å². The molecule has 3 aromatic rings. The minimum atomic E-state index is -0.966. The molecule has 1 N–H and O–H groups in total. The second kappa shape index (κ2) is 8.87. The highest BCUT2D eigenvalue weighted by Crippen LogP contribution is 2.31. The van der Waals surface area contributed by atoms with Gasteiger partial charge in [-0.2, -0.15) is 0 Å². The fourth-order valence-electron chi connectivity index (χ4n) is 3.42. The van der Waals surface area contributed by atoms with E-state index in [0.29, 0.717) is 17.1 Å². The van der Waals surface area contributed by atoms with E-state index in [1.807, 2.05) is 42.5 Å². The van der Waals surface area contributed by atoms with Crippen LogP contribution in [-0.4, -0.2) is 37.0 Å². The molecule has 0 unspecified atom stereocenters. The Kier molecular flexibility index (Phi) is 5.84. The number of anilines is 2. The van der Waals surface area contributed by atoms with Gasteiger partial charge in [-0.15, -0.1) is 0 Å². The third-order valence-electron chi connectivity index (χ3n) is 5.04. The number of fused-ring (bicyclic) bond motifs is 2. The molecule has 31 heavy (non-hydrogen) atoms. The van der Waals surface area contributed by atoms with Gasteiger partial charge in [0.1, 0.15) is 5.75 Å². The van der Waals surface area contributed by atoms with Crippen molar-refractivity contribution in [2.45, 2.75) is 19.4 Å². The fourth-order valence-corrected chi connectivity index (χ4v) is 3.42. The number of amides is 2. The molecule has 1 atom stereocenters. The van der Waals surface area contributed by atoms with Crippen molar-refractivity contribution in [1.82, 2.24) is 0 Å². The smallest absolute Gasteiger partial charge is 0.308 e. The lowest BCUT2D eigenvalue weighted by Gasteiger charge is -2.29. The zero-order chi connectivity index (χ0) is 21.8. The summed E-state index contributed by atoms with van der Waals surface area (Å²) in [5, 5.41) is 4.84. The Hall–Kier alpha value is -3.87. The molecule has 3 aromatic carbocycles. The fraction of sp³-hybridized carbons (Fsp3) is 0.208. The quantitative estimate of drug-likeness (QED) is 0.619. The summed E-state index contributed by atoms with van der Waals surface area (Å²) >= 11 is 0. The van der Waals surface area contributed by atoms with E-state index in [4.69, 9.17) is 9.47 Å². The van der Waals surface area contributed by atoms with Crippen LogP contribution < -0.4 is 15.0 Å². The number of para-hydroxylation sites is 2. The summed E-state index contributed by atoms with van der Waals surface area (Å²) in [4.78, 5) is 38.4. The molecular formula is C24H22N2O5. The standard InChI is InChI=1S/C24H22N2O5/c1-16(24(29)25-19-11-10-17-6-2-3-7-18(17)14-19)31-23(28)12-13-26-20-8-4-5-9-21(20)30-15-22(26)27/h2-11,14,16H,12-13,15H2,1H3,(H,25,29)/t16-/m0/s1. The largest absolute Gasteiger partial charge is 0.482 e. The molecule has 7 heteroatoms. The Bertz CT molecular complexity index is 1140. The molecule has 2 amide bonds. The van der Waals surface area contributed by atoms with Gasteiger partial charge in [0.15, 0.2) is 12.7 Å². The average Bonchev–Trinajstić information content (AvgIpc) is 2.78. The Morgan fingerprint density at radius 2 is 1.81 bits per heavy atom. The van der Waals surface area contributed by atoms with Gasteiger partial charge in [0.2, 0.25) is 0 Å².